The van der Waals surface area contributed by atoms with Gasteiger partial charge in [0.2, 0.25) is 5.91 Å². The van der Waals surface area contributed by atoms with Crippen molar-refractivity contribution < 1.29 is 19.1 Å². The van der Waals surface area contributed by atoms with E-state index in [9.17, 15) is 14.4 Å². The molecule has 34 heavy (non-hydrogen) atoms. The first-order valence-corrected chi connectivity index (χ1v) is 10.5. The maximum atomic E-state index is 12.5. The SMILES string of the molecule is C[C@@H](OC(=O)Nc1c(-c2ccc(NC(=O)N3CNC(=O)C3)cn2)nnn1C)c1cccnc1Cl. The Morgan fingerprint density at radius 1 is 1.24 bits per heavy atom. The number of ether oxygens (including phenoxy) is 1. The van der Waals surface area contributed by atoms with Gasteiger partial charge in [0.25, 0.3) is 0 Å². The van der Waals surface area contributed by atoms with Gasteiger partial charge in [-0.1, -0.05) is 22.9 Å². The lowest BCUT2D eigenvalue weighted by Crippen LogP contribution is -2.33. The molecule has 4 heterocycles. The topological polar surface area (TPSA) is 156 Å². The highest BCUT2D eigenvalue weighted by Gasteiger charge is 2.24. The van der Waals surface area contributed by atoms with Crippen LogP contribution in [0.3, 0.4) is 0 Å². The Hall–Kier alpha value is -4.26. The van der Waals surface area contributed by atoms with E-state index in [-0.39, 0.29) is 30.1 Å². The molecule has 4 rings (SSSR count). The van der Waals surface area contributed by atoms with E-state index in [4.69, 9.17) is 16.3 Å². The number of halogens is 1. The van der Waals surface area contributed by atoms with E-state index in [1.165, 1.54) is 15.8 Å². The number of nitrogens with zero attached hydrogens (tertiary/aromatic N) is 6. The molecule has 0 unspecified atom stereocenters. The summed E-state index contributed by atoms with van der Waals surface area (Å²) in [7, 11) is 1.60. The highest BCUT2D eigenvalue weighted by molar-refractivity contribution is 6.30. The maximum Gasteiger partial charge on any atom is 0.413 e. The molecular formula is C20H20ClN9O4. The van der Waals surface area contributed by atoms with Crippen molar-refractivity contribution in [1.82, 2.24) is 35.2 Å². The molecule has 1 aliphatic rings. The van der Waals surface area contributed by atoms with Crippen molar-refractivity contribution in [3.63, 3.8) is 0 Å². The van der Waals surface area contributed by atoms with Gasteiger partial charge >= 0.3 is 12.1 Å². The van der Waals surface area contributed by atoms with Crippen LogP contribution in [0.2, 0.25) is 5.15 Å². The molecule has 0 radical (unpaired) electrons. The minimum atomic E-state index is -0.739. The molecule has 0 aromatic carbocycles. The van der Waals surface area contributed by atoms with E-state index in [2.05, 4.69) is 36.2 Å². The highest BCUT2D eigenvalue weighted by atomic mass is 35.5. The molecular weight excluding hydrogens is 466 g/mol. The monoisotopic (exact) mass is 485 g/mol. The number of carbonyl (C=O) groups is 3. The van der Waals surface area contributed by atoms with E-state index in [0.717, 1.165) is 0 Å². The Morgan fingerprint density at radius 3 is 2.74 bits per heavy atom. The fourth-order valence-corrected chi connectivity index (χ4v) is 3.42. The first kappa shape index (κ1) is 22.9. The van der Waals surface area contributed by atoms with Crippen molar-refractivity contribution >= 4 is 41.1 Å². The number of hydrogen-bond acceptors (Lipinski definition) is 8. The summed E-state index contributed by atoms with van der Waals surface area (Å²) in [5.74, 6) is 0.0446. The summed E-state index contributed by atoms with van der Waals surface area (Å²) in [6.45, 7) is 1.81. The highest BCUT2D eigenvalue weighted by Crippen LogP contribution is 2.26. The van der Waals surface area contributed by atoms with Crippen LogP contribution in [0.4, 0.5) is 21.1 Å². The summed E-state index contributed by atoms with van der Waals surface area (Å²) in [6, 6.07) is 6.21. The van der Waals surface area contributed by atoms with Crippen LogP contribution in [0.25, 0.3) is 11.4 Å². The van der Waals surface area contributed by atoms with Gasteiger partial charge in [-0.15, -0.1) is 5.10 Å². The van der Waals surface area contributed by atoms with Crippen LogP contribution in [0.1, 0.15) is 18.6 Å². The largest absolute Gasteiger partial charge is 0.441 e. The number of amides is 4. The van der Waals surface area contributed by atoms with Crippen LogP contribution in [-0.4, -0.2) is 61.1 Å². The van der Waals surface area contributed by atoms with E-state index < -0.39 is 18.2 Å². The van der Waals surface area contributed by atoms with Gasteiger partial charge in [-0.2, -0.15) is 0 Å². The number of nitrogens with one attached hydrogen (secondary N) is 3. The second-order valence-corrected chi connectivity index (χ2v) is 7.64. The number of pyridine rings is 2. The lowest BCUT2D eigenvalue weighted by atomic mass is 10.2. The van der Waals surface area contributed by atoms with Crippen LogP contribution in [-0.2, 0) is 16.6 Å². The molecule has 1 atom stereocenters. The number of carbonyl (C=O) groups excluding carboxylic acids is 3. The molecule has 0 spiro atoms. The molecule has 176 valence electrons. The van der Waals surface area contributed by atoms with Crippen LogP contribution in [0.5, 0.6) is 0 Å². The predicted octanol–water partition coefficient (Wildman–Crippen LogP) is 2.16. The number of anilines is 2. The third kappa shape index (κ3) is 5.04. The first-order valence-electron chi connectivity index (χ1n) is 10.1. The first-order chi connectivity index (χ1) is 16.3. The van der Waals surface area contributed by atoms with E-state index in [1.807, 2.05) is 0 Å². The van der Waals surface area contributed by atoms with Crippen molar-refractivity contribution in [3.8, 4) is 11.4 Å². The van der Waals surface area contributed by atoms with Gasteiger partial charge in [0.15, 0.2) is 11.5 Å². The molecule has 1 fully saturated rings. The van der Waals surface area contributed by atoms with E-state index in [0.29, 0.717) is 22.6 Å². The average molecular weight is 486 g/mol. The van der Waals surface area contributed by atoms with Gasteiger partial charge in [0, 0.05) is 18.8 Å². The van der Waals surface area contributed by atoms with Gasteiger partial charge in [0.1, 0.15) is 17.8 Å². The van der Waals surface area contributed by atoms with Crippen molar-refractivity contribution in [3.05, 3.63) is 47.4 Å². The van der Waals surface area contributed by atoms with Crippen LogP contribution in [0, 0.1) is 0 Å². The zero-order valence-corrected chi connectivity index (χ0v) is 18.9. The molecule has 4 amide bonds. The Labute approximate surface area is 198 Å². The van der Waals surface area contributed by atoms with Gasteiger partial charge in [-0.3, -0.25) is 20.0 Å². The quantitative estimate of drug-likeness (QED) is 0.464. The molecule has 1 saturated heterocycles. The molecule has 3 aromatic heterocycles. The second-order valence-electron chi connectivity index (χ2n) is 7.28. The zero-order chi connectivity index (χ0) is 24.2. The van der Waals surface area contributed by atoms with Crippen LogP contribution in [0.15, 0.2) is 36.7 Å². The minimum absolute atomic E-state index is 0.00626. The smallest absolute Gasteiger partial charge is 0.413 e. The van der Waals surface area contributed by atoms with Gasteiger partial charge in [-0.05, 0) is 25.1 Å². The summed E-state index contributed by atoms with van der Waals surface area (Å²) >= 11 is 6.06. The van der Waals surface area contributed by atoms with E-state index in [1.54, 1.807) is 44.4 Å². The van der Waals surface area contributed by atoms with Crippen LogP contribution >= 0.6 is 11.6 Å². The molecule has 3 aromatic rings. The molecule has 0 bridgehead atoms. The lowest BCUT2D eigenvalue weighted by Gasteiger charge is -2.15. The summed E-state index contributed by atoms with van der Waals surface area (Å²) in [6.07, 6.45) is 1.59. The lowest BCUT2D eigenvalue weighted by molar-refractivity contribution is -0.118. The Balaban J connectivity index is 1.43. The summed E-state index contributed by atoms with van der Waals surface area (Å²) < 4.78 is 6.78. The van der Waals surface area contributed by atoms with Crippen molar-refractivity contribution in [2.75, 3.05) is 23.8 Å². The second kappa shape index (κ2) is 9.70. The predicted molar refractivity (Wildman–Crippen MR) is 121 cm³/mol. The summed E-state index contributed by atoms with van der Waals surface area (Å²) in [5.41, 5.74) is 1.70. The number of aromatic nitrogens is 5. The normalized spacial score (nSPS) is 13.9. The van der Waals surface area contributed by atoms with Crippen molar-refractivity contribution in [2.24, 2.45) is 7.05 Å². The van der Waals surface area contributed by atoms with Crippen molar-refractivity contribution in [1.29, 1.82) is 0 Å². The average Bonchev–Trinajstić information content (AvgIpc) is 3.40. The van der Waals surface area contributed by atoms with Gasteiger partial charge in [0.05, 0.1) is 24.2 Å². The molecule has 0 aliphatic carbocycles. The number of hydrogen-bond donors (Lipinski definition) is 3. The van der Waals surface area contributed by atoms with Gasteiger partial charge in [-0.25, -0.2) is 19.3 Å². The maximum absolute atomic E-state index is 12.5. The standard InChI is InChI=1S/C20H20ClN9O4/c1-11(13-4-3-7-22-17(13)21)34-20(33)26-18-16(27-28-29(18)2)14-6-5-12(8-23-14)25-19(32)30-9-15(31)24-10-30/h3-8,11H,9-10H2,1-2H3,(H,24,31)(H,25,32)(H,26,33)/t11-/m1/s1. The molecule has 0 saturated carbocycles. The third-order valence-electron chi connectivity index (χ3n) is 4.90. The fraction of sp³-hybridized carbons (Fsp3) is 0.250. The Morgan fingerprint density at radius 2 is 2.06 bits per heavy atom. The number of aryl methyl sites for hydroxylation is 1. The number of urea groups is 1. The molecule has 1 aliphatic heterocycles. The summed E-state index contributed by atoms with van der Waals surface area (Å²) in [4.78, 5) is 45.6. The zero-order valence-electron chi connectivity index (χ0n) is 18.1. The Bertz CT molecular complexity index is 1230. The van der Waals surface area contributed by atoms with E-state index >= 15 is 0 Å². The Kier molecular flexibility index (Phi) is 6.54. The minimum Gasteiger partial charge on any atom is -0.441 e. The number of rotatable bonds is 5. The van der Waals surface area contributed by atoms with Gasteiger partial charge < -0.3 is 15.4 Å². The van der Waals surface area contributed by atoms with Crippen molar-refractivity contribution in [2.45, 2.75) is 13.0 Å². The summed E-state index contributed by atoms with van der Waals surface area (Å²) in [5, 5.41) is 16.1. The third-order valence-corrected chi connectivity index (χ3v) is 5.22. The molecule has 3 N–H and O–H groups in total. The molecule has 14 heteroatoms. The molecule has 13 nitrogen and oxygen atoms in total. The fourth-order valence-electron chi connectivity index (χ4n) is 3.14. The van der Waals surface area contributed by atoms with Crippen LogP contribution < -0.4 is 16.0 Å².